The van der Waals surface area contributed by atoms with Gasteiger partial charge in [-0.05, 0) is 29.9 Å². The fourth-order valence-corrected chi connectivity index (χ4v) is 2.33. The second-order valence-electron chi connectivity index (χ2n) is 4.88. The molecule has 1 aliphatic rings. The molecule has 2 nitrogen and oxygen atoms in total. The molecule has 1 atom stereocenters. The molecular formula is C14H18ClNO. The lowest BCUT2D eigenvalue weighted by atomic mass is 10.1. The van der Waals surface area contributed by atoms with Gasteiger partial charge >= 0.3 is 0 Å². The number of nitrogens with one attached hydrogen (secondary N) is 1. The van der Waals surface area contributed by atoms with Crippen LogP contribution in [-0.4, -0.2) is 18.3 Å². The molecule has 3 heteroatoms. The number of carbonyl (C=O) groups excluding carboxylic acids is 1. The first-order valence-corrected chi connectivity index (χ1v) is 6.64. The third-order valence-electron chi connectivity index (χ3n) is 3.31. The first kappa shape index (κ1) is 12.4. The minimum atomic E-state index is 0.106. The standard InChI is InChI=1S/C14H18ClNO/c1-10(8-15)9-16-14(17)13-6-11-4-2-3-5-12(11)7-13/h2-5,10,13H,6-9H2,1H3,(H,16,17). The first-order chi connectivity index (χ1) is 8.20. The predicted molar refractivity (Wildman–Crippen MR) is 70.2 cm³/mol. The van der Waals surface area contributed by atoms with Crippen molar-refractivity contribution < 1.29 is 4.79 Å². The lowest BCUT2D eigenvalue weighted by Crippen LogP contribution is -2.34. The Hall–Kier alpha value is -1.02. The van der Waals surface area contributed by atoms with Gasteiger partial charge in [-0.15, -0.1) is 11.6 Å². The zero-order valence-electron chi connectivity index (χ0n) is 10.1. The summed E-state index contributed by atoms with van der Waals surface area (Å²) in [6, 6.07) is 8.30. The number of hydrogen-bond acceptors (Lipinski definition) is 1. The van der Waals surface area contributed by atoms with Crippen LogP contribution in [0, 0.1) is 11.8 Å². The van der Waals surface area contributed by atoms with Crippen molar-refractivity contribution in [2.45, 2.75) is 19.8 Å². The number of halogens is 1. The topological polar surface area (TPSA) is 29.1 Å². The van der Waals surface area contributed by atoms with Crippen LogP contribution in [0.25, 0.3) is 0 Å². The lowest BCUT2D eigenvalue weighted by Gasteiger charge is -2.13. The fourth-order valence-electron chi connectivity index (χ4n) is 2.22. The average Bonchev–Trinajstić information content (AvgIpc) is 2.79. The Morgan fingerprint density at radius 3 is 2.53 bits per heavy atom. The van der Waals surface area contributed by atoms with Gasteiger partial charge in [0.15, 0.2) is 0 Å². The highest BCUT2D eigenvalue weighted by Gasteiger charge is 2.26. The second kappa shape index (κ2) is 5.54. The molecule has 0 bridgehead atoms. The Bertz CT molecular complexity index is 380. The van der Waals surface area contributed by atoms with E-state index in [1.54, 1.807) is 0 Å². The Labute approximate surface area is 107 Å². The Kier molecular flexibility index (Phi) is 4.06. The molecule has 0 saturated heterocycles. The summed E-state index contributed by atoms with van der Waals surface area (Å²) >= 11 is 5.72. The highest BCUT2D eigenvalue weighted by atomic mass is 35.5. The first-order valence-electron chi connectivity index (χ1n) is 6.11. The van der Waals surface area contributed by atoms with E-state index in [1.807, 2.05) is 19.1 Å². The molecule has 1 aromatic rings. The molecule has 0 heterocycles. The molecule has 0 radical (unpaired) electrons. The van der Waals surface area contributed by atoms with Crippen LogP contribution in [0.15, 0.2) is 24.3 Å². The van der Waals surface area contributed by atoms with Gasteiger partial charge in [0, 0.05) is 18.3 Å². The smallest absolute Gasteiger partial charge is 0.223 e. The molecule has 17 heavy (non-hydrogen) atoms. The zero-order valence-corrected chi connectivity index (χ0v) is 10.8. The van der Waals surface area contributed by atoms with E-state index >= 15 is 0 Å². The molecule has 92 valence electrons. The SMILES string of the molecule is CC(CCl)CNC(=O)C1Cc2ccccc2C1. The number of benzene rings is 1. The number of fused-ring (bicyclic) bond motifs is 1. The molecule has 0 saturated carbocycles. The van der Waals surface area contributed by atoms with Crippen LogP contribution in [0.2, 0.25) is 0 Å². The summed E-state index contributed by atoms with van der Waals surface area (Å²) in [5.74, 6) is 1.20. The van der Waals surface area contributed by atoms with Gasteiger partial charge in [0.2, 0.25) is 5.91 Å². The van der Waals surface area contributed by atoms with E-state index in [0.29, 0.717) is 18.3 Å². The number of carbonyl (C=O) groups is 1. The van der Waals surface area contributed by atoms with E-state index in [4.69, 9.17) is 11.6 Å². The van der Waals surface area contributed by atoms with Crippen LogP contribution >= 0.6 is 11.6 Å². The molecule has 0 fully saturated rings. The number of alkyl halides is 1. The van der Waals surface area contributed by atoms with Crippen molar-refractivity contribution in [3.8, 4) is 0 Å². The van der Waals surface area contributed by atoms with Crippen molar-refractivity contribution in [2.24, 2.45) is 11.8 Å². The summed E-state index contributed by atoms with van der Waals surface area (Å²) in [4.78, 5) is 12.0. The molecule has 1 aromatic carbocycles. The summed E-state index contributed by atoms with van der Waals surface area (Å²) in [6.45, 7) is 2.71. The maximum atomic E-state index is 12.0. The quantitative estimate of drug-likeness (QED) is 0.818. The van der Waals surface area contributed by atoms with Crippen LogP contribution in [0.1, 0.15) is 18.1 Å². The van der Waals surface area contributed by atoms with E-state index in [0.717, 1.165) is 12.8 Å². The van der Waals surface area contributed by atoms with Crippen molar-refractivity contribution in [3.05, 3.63) is 35.4 Å². The summed E-state index contributed by atoms with van der Waals surface area (Å²) in [7, 11) is 0. The molecule has 1 unspecified atom stereocenters. The molecule has 0 aromatic heterocycles. The fraction of sp³-hybridized carbons (Fsp3) is 0.500. The second-order valence-corrected chi connectivity index (χ2v) is 5.19. The van der Waals surface area contributed by atoms with E-state index in [1.165, 1.54) is 11.1 Å². The van der Waals surface area contributed by atoms with Gasteiger partial charge in [-0.1, -0.05) is 31.2 Å². The van der Waals surface area contributed by atoms with Crippen LogP contribution in [0.4, 0.5) is 0 Å². The minimum Gasteiger partial charge on any atom is -0.356 e. The zero-order chi connectivity index (χ0) is 12.3. The lowest BCUT2D eigenvalue weighted by molar-refractivity contribution is -0.124. The highest BCUT2D eigenvalue weighted by Crippen LogP contribution is 2.26. The third-order valence-corrected chi connectivity index (χ3v) is 3.84. The molecular weight excluding hydrogens is 234 g/mol. The number of rotatable bonds is 4. The van der Waals surface area contributed by atoms with Gasteiger partial charge in [0.1, 0.15) is 0 Å². The van der Waals surface area contributed by atoms with Gasteiger partial charge in [-0.2, -0.15) is 0 Å². The van der Waals surface area contributed by atoms with Crippen LogP contribution in [0.5, 0.6) is 0 Å². The van der Waals surface area contributed by atoms with Crippen LogP contribution < -0.4 is 5.32 Å². The van der Waals surface area contributed by atoms with Gasteiger partial charge in [0.05, 0.1) is 0 Å². The highest BCUT2D eigenvalue weighted by molar-refractivity contribution is 6.18. The van der Waals surface area contributed by atoms with Gasteiger partial charge in [-0.25, -0.2) is 0 Å². The Morgan fingerprint density at radius 1 is 1.41 bits per heavy atom. The molecule has 0 aliphatic heterocycles. The van der Waals surface area contributed by atoms with Gasteiger partial charge < -0.3 is 5.32 Å². The van der Waals surface area contributed by atoms with E-state index in [-0.39, 0.29) is 11.8 Å². The largest absolute Gasteiger partial charge is 0.356 e. The predicted octanol–water partition coefficient (Wildman–Crippen LogP) is 2.39. The van der Waals surface area contributed by atoms with Gasteiger partial charge in [0.25, 0.3) is 0 Å². The molecule has 1 aliphatic carbocycles. The van der Waals surface area contributed by atoms with Crippen LogP contribution in [0.3, 0.4) is 0 Å². The summed E-state index contributed by atoms with van der Waals surface area (Å²) in [5.41, 5.74) is 2.64. The molecule has 1 amide bonds. The normalized spacial score (nSPS) is 16.6. The summed E-state index contributed by atoms with van der Waals surface area (Å²) < 4.78 is 0. The van der Waals surface area contributed by atoms with E-state index in [2.05, 4.69) is 17.4 Å². The monoisotopic (exact) mass is 251 g/mol. The maximum absolute atomic E-state index is 12.0. The maximum Gasteiger partial charge on any atom is 0.223 e. The van der Waals surface area contributed by atoms with Crippen molar-refractivity contribution in [1.29, 1.82) is 0 Å². The third kappa shape index (κ3) is 3.01. The summed E-state index contributed by atoms with van der Waals surface area (Å²) in [5, 5.41) is 2.99. The van der Waals surface area contributed by atoms with Crippen molar-refractivity contribution in [3.63, 3.8) is 0 Å². The van der Waals surface area contributed by atoms with E-state index in [9.17, 15) is 4.79 Å². The van der Waals surface area contributed by atoms with Crippen LogP contribution in [-0.2, 0) is 17.6 Å². The number of hydrogen-bond donors (Lipinski definition) is 1. The van der Waals surface area contributed by atoms with Crippen molar-refractivity contribution >= 4 is 17.5 Å². The number of amides is 1. The summed E-state index contributed by atoms with van der Waals surface area (Å²) in [6.07, 6.45) is 1.74. The molecule has 2 rings (SSSR count). The Balaban J connectivity index is 1.88. The van der Waals surface area contributed by atoms with Crippen molar-refractivity contribution in [2.75, 3.05) is 12.4 Å². The molecule has 0 spiro atoms. The minimum absolute atomic E-state index is 0.106. The van der Waals surface area contributed by atoms with Gasteiger partial charge in [-0.3, -0.25) is 4.79 Å². The average molecular weight is 252 g/mol. The van der Waals surface area contributed by atoms with Crippen molar-refractivity contribution in [1.82, 2.24) is 5.32 Å². The molecule has 1 N–H and O–H groups in total. The van der Waals surface area contributed by atoms with E-state index < -0.39 is 0 Å². The Morgan fingerprint density at radius 2 is 2.00 bits per heavy atom.